The number of hydrogen-bond donors (Lipinski definition) is 2. The van der Waals surface area contributed by atoms with Crippen LogP contribution in [0.25, 0.3) is 11.1 Å². The minimum absolute atomic E-state index is 0.0484. The largest absolute Gasteiger partial charge is 0.493 e. The Morgan fingerprint density at radius 1 is 1.19 bits per heavy atom. The molecule has 2 N–H and O–H groups in total. The van der Waals surface area contributed by atoms with E-state index in [1.165, 1.54) is 23.4 Å². The van der Waals surface area contributed by atoms with Gasteiger partial charge in [0.2, 0.25) is 5.88 Å². The van der Waals surface area contributed by atoms with E-state index in [0.29, 0.717) is 17.0 Å². The Balaban J connectivity index is 1.77. The molecule has 1 aliphatic rings. The summed E-state index contributed by atoms with van der Waals surface area (Å²) in [6.45, 7) is 3.39. The van der Waals surface area contributed by atoms with E-state index in [0.717, 1.165) is 0 Å². The first-order chi connectivity index (χ1) is 15.2. The number of aromatic nitrogens is 3. The standard InChI is InChI=1S/C23H23F2N5O2/c1-14(2)20-26-11-16(12-27-20)22(32)29-19-17(15-6-4-3-5-7-15)10-18(31)28-21(19)30-9-8-23(24,25)13-30/h3-7,10-12,14H,8-9,13H2,1-2H3,(H,28,31)(H,29,32). The van der Waals surface area contributed by atoms with Gasteiger partial charge in [-0.25, -0.2) is 18.7 Å². The molecule has 3 aromatic rings. The Morgan fingerprint density at radius 2 is 1.88 bits per heavy atom. The number of alkyl halides is 2. The van der Waals surface area contributed by atoms with Crippen molar-refractivity contribution in [2.45, 2.75) is 32.1 Å². The number of carbonyl (C=O) groups excluding carboxylic acids is 1. The monoisotopic (exact) mass is 439 g/mol. The molecule has 1 amide bonds. The van der Waals surface area contributed by atoms with E-state index in [9.17, 15) is 18.7 Å². The first kappa shape index (κ1) is 21.6. The smallest absolute Gasteiger partial charge is 0.266 e. The second kappa shape index (κ2) is 8.49. The van der Waals surface area contributed by atoms with Crippen molar-refractivity contribution in [2.24, 2.45) is 0 Å². The number of nitrogens with one attached hydrogen (secondary N) is 1. The number of rotatable bonds is 5. The Morgan fingerprint density at radius 3 is 2.47 bits per heavy atom. The number of benzene rings is 1. The molecule has 0 spiro atoms. The molecular weight excluding hydrogens is 416 g/mol. The van der Waals surface area contributed by atoms with Gasteiger partial charge in [0.15, 0.2) is 5.82 Å². The summed E-state index contributed by atoms with van der Waals surface area (Å²) in [6.07, 6.45) is 2.53. The van der Waals surface area contributed by atoms with Gasteiger partial charge in [0.05, 0.1) is 17.8 Å². The molecule has 1 aromatic carbocycles. The van der Waals surface area contributed by atoms with Crippen molar-refractivity contribution >= 4 is 17.4 Å². The zero-order chi connectivity index (χ0) is 22.9. The molecule has 4 rings (SSSR count). The van der Waals surface area contributed by atoms with Gasteiger partial charge in [-0.15, -0.1) is 0 Å². The van der Waals surface area contributed by atoms with E-state index in [1.807, 2.05) is 19.9 Å². The van der Waals surface area contributed by atoms with Crippen LogP contribution in [0.1, 0.15) is 42.4 Å². The van der Waals surface area contributed by atoms with Crippen molar-refractivity contribution in [3.63, 3.8) is 0 Å². The molecule has 0 aliphatic carbocycles. The highest BCUT2D eigenvalue weighted by molar-refractivity contribution is 6.08. The van der Waals surface area contributed by atoms with Crippen LogP contribution in [-0.4, -0.2) is 45.0 Å². The summed E-state index contributed by atoms with van der Waals surface area (Å²) in [6, 6.07) is 10.4. The van der Waals surface area contributed by atoms with Crippen molar-refractivity contribution in [1.82, 2.24) is 15.0 Å². The molecular formula is C23H23F2N5O2. The number of hydrogen-bond acceptors (Lipinski definition) is 6. The van der Waals surface area contributed by atoms with Crippen LogP contribution in [0, 0.1) is 0 Å². The number of aromatic hydroxyl groups is 1. The van der Waals surface area contributed by atoms with Crippen LogP contribution in [0.3, 0.4) is 0 Å². The van der Waals surface area contributed by atoms with E-state index >= 15 is 0 Å². The van der Waals surface area contributed by atoms with Crippen molar-refractivity contribution < 1.29 is 18.7 Å². The van der Waals surface area contributed by atoms with Gasteiger partial charge in [0.25, 0.3) is 11.8 Å². The molecule has 2 aromatic heterocycles. The van der Waals surface area contributed by atoms with Gasteiger partial charge in [0.1, 0.15) is 5.82 Å². The number of halogens is 2. The van der Waals surface area contributed by atoms with Crippen molar-refractivity contribution in [3.8, 4) is 17.0 Å². The van der Waals surface area contributed by atoms with Crippen LogP contribution in [-0.2, 0) is 0 Å². The van der Waals surface area contributed by atoms with Crippen LogP contribution in [0.15, 0.2) is 48.8 Å². The lowest BCUT2D eigenvalue weighted by molar-refractivity contribution is 0.0256. The average molecular weight is 439 g/mol. The second-order valence-electron chi connectivity index (χ2n) is 8.06. The van der Waals surface area contributed by atoms with Gasteiger partial charge in [-0.05, 0) is 5.56 Å². The summed E-state index contributed by atoms with van der Waals surface area (Å²) >= 11 is 0. The fourth-order valence-corrected chi connectivity index (χ4v) is 3.57. The van der Waals surface area contributed by atoms with E-state index in [-0.39, 0.29) is 41.8 Å². The number of anilines is 2. The van der Waals surface area contributed by atoms with E-state index in [1.54, 1.807) is 24.3 Å². The first-order valence-electron chi connectivity index (χ1n) is 10.3. The molecule has 1 saturated heterocycles. The molecule has 0 atom stereocenters. The van der Waals surface area contributed by atoms with Gasteiger partial charge >= 0.3 is 0 Å². The molecule has 9 heteroatoms. The van der Waals surface area contributed by atoms with Crippen molar-refractivity contribution in [2.75, 3.05) is 23.3 Å². The van der Waals surface area contributed by atoms with Gasteiger partial charge in [-0.2, -0.15) is 4.98 Å². The lowest BCUT2D eigenvalue weighted by Crippen LogP contribution is -2.27. The summed E-state index contributed by atoms with van der Waals surface area (Å²) in [5.41, 5.74) is 1.62. The van der Waals surface area contributed by atoms with Crippen LogP contribution in [0.4, 0.5) is 20.3 Å². The molecule has 0 bridgehead atoms. The number of carbonyl (C=O) groups is 1. The summed E-state index contributed by atoms with van der Waals surface area (Å²) in [7, 11) is 0. The number of pyridine rings is 1. The molecule has 0 radical (unpaired) electrons. The Labute approximate surface area is 184 Å². The summed E-state index contributed by atoms with van der Waals surface area (Å²) in [5.74, 6) is -2.88. The van der Waals surface area contributed by atoms with E-state index in [2.05, 4.69) is 20.3 Å². The predicted molar refractivity (Wildman–Crippen MR) is 117 cm³/mol. The Bertz CT molecular complexity index is 1120. The third-order valence-electron chi connectivity index (χ3n) is 5.23. The maximum Gasteiger partial charge on any atom is 0.266 e. The molecule has 1 fully saturated rings. The maximum atomic E-state index is 13.9. The fraction of sp³-hybridized carbons (Fsp3) is 0.304. The van der Waals surface area contributed by atoms with Gasteiger partial charge in [0, 0.05) is 42.9 Å². The molecule has 32 heavy (non-hydrogen) atoms. The highest BCUT2D eigenvalue weighted by Gasteiger charge is 2.40. The topological polar surface area (TPSA) is 91.2 Å². The minimum atomic E-state index is -2.87. The predicted octanol–water partition coefficient (Wildman–Crippen LogP) is 4.47. The van der Waals surface area contributed by atoms with Gasteiger partial charge in [-0.3, -0.25) is 4.79 Å². The maximum absolute atomic E-state index is 13.9. The zero-order valence-electron chi connectivity index (χ0n) is 17.7. The minimum Gasteiger partial charge on any atom is -0.493 e. The summed E-state index contributed by atoms with van der Waals surface area (Å²) < 4.78 is 27.9. The van der Waals surface area contributed by atoms with E-state index in [4.69, 9.17) is 0 Å². The molecule has 3 heterocycles. The molecule has 1 aliphatic heterocycles. The van der Waals surface area contributed by atoms with Gasteiger partial charge in [-0.1, -0.05) is 44.2 Å². The SMILES string of the molecule is CC(C)c1ncc(C(=O)Nc2c(-c3ccccc3)cc(O)nc2N2CCC(F)(F)C2)cn1. The molecule has 166 valence electrons. The quantitative estimate of drug-likeness (QED) is 0.610. The zero-order valence-corrected chi connectivity index (χ0v) is 17.7. The van der Waals surface area contributed by atoms with Crippen LogP contribution < -0.4 is 10.2 Å². The lowest BCUT2D eigenvalue weighted by Gasteiger charge is -2.23. The normalized spacial score (nSPS) is 15.2. The molecule has 0 unspecified atom stereocenters. The van der Waals surface area contributed by atoms with Crippen LogP contribution in [0.2, 0.25) is 0 Å². The molecule has 7 nitrogen and oxygen atoms in total. The van der Waals surface area contributed by atoms with Crippen LogP contribution in [0.5, 0.6) is 5.88 Å². The summed E-state index contributed by atoms with van der Waals surface area (Å²) in [4.78, 5) is 26.9. The number of amides is 1. The third-order valence-corrected chi connectivity index (χ3v) is 5.23. The van der Waals surface area contributed by atoms with Gasteiger partial charge < -0.3 is 15.3 Å². The Hall–Kier alpha value is -3.62. The fourth-order valence-electron chi connectivity index (χ4n) is 3.57. The van der Waals surface area contributed by atoms with Crippen molar-refractivity contribution in [3.05, 3.63) is 60.2 Å². The van der Waals surface area contributed by atoms with Crippen molar-refractivity contribution in [1.29, 1.82) is 0 Å². The average Bonchev–Trinajstić information content (AvgIpc) is 3.14. The second-order valence-corrected chi connectivity index (χ2v) is 8.06. The lowest BCUT2D eigenvalue weighted by atomic mass is 10.0. The molecule has 0 saturated carbocycles. The number of nitrogens with zero attached hydrogens (tertiary/aromatic N) is 4. The van der Waals surface area contributed by atoms with E-state index < -0.39 is 18.4 Å². The first-order valence-corrected chi connectivity index (χ1v) is 10.3. The third kappa shape index (κ3) is 4.51. The summed E-state index contributed by atoms with van der Waals surface area (Å²) in [5, 5.41) is 13.0. The van der Waals surface area contributed by atoms with Crippen LogP contribution >= 0.6 is 0 Å². The Kier molecular flexibility index (Phi) is 5.73. The highest BCUT2D eigenvalue weighted by atomic mass is 19.3. The highest BCUT2D eigenvalue weighted by Crippen LogP contribution is 2.41.